The summed E-state index contributed by atoms with van der Waals surface area (Å²) in [6, 6.07) is 10.2. The van der Waals surface area contributed by atoms with E-state index in [1.165, 1.54) is 24.9 Å². The van der Waals surface area contributed by atoms with Gasteiger partial charge >= 0.3 is 0 Å². The lowest BCUT2D eigenvalue weighted by atomic mass is 10.1. The second kappa shape index (κ2) is 12.0. The van der Waals surface area contributed by atoms with Crippen molar-refractivity contribution in [3.8, 4) is 23.1 Å². The molecule has 37 heavy (non-hydrogen) atoms. The lowest BCUT2D eigenvalue weighted by Crippen LogP contribution is -2.19. The number of hydrogen-bond donors (Lipinski definition) is 1. The number of hydrogen-bond acceptors (Lipinski definition) is 10. The smallest absolute Gasteiger partial charge is 0.280 e. The molecule has 1 aliphatic heterocycles. The van der Waals surface area contributed by atoms with Crippen LogP contribution in [0.2, 0.25) is 0 Å². The molecule has 1 fully saturated rings. The topological polar surface area (TPSA) is 122 Å². The Balaban J connectivity index is 1.74. The first-order valence-corrected chi connectivity index (χ1v) is 14.5. The maximum absolute atomic E-state index is 13.3. The lowest BCUT2D eigenvalue weighted by molar-refractivity contribution is 0.0651. The van der Waals surface area contributed by atoms with Gasteiger partial charge in [0, 0.05) is 12.8 Å². The fourth-order valence-corrected chi connectivity index (χ4v) is 4.89. The van der Waals surface area contributed by atoms with E-state index in [9.17, 15) is 8.42 Å². The van der Waals surface area contributed by atoms with E-state index in [1.54, 1.807) is 42.8 Å². The number of nitrogens with zero attached hydrogens (tertiary/aromatic N) is 3. The standard InChI is InChI=1S/C25H30N4O6S2/c1-16(2)17-11-12-21(26-14-17)37(30,31)29-23-22(35-20-10-6-5-9-19(20)32-3)24(28-25(27-23)36-4)34-15-18-8-7-13-33-18/h5-6,9-12,14,16,18H,7-8,13,15H2,1-4H3,(H,27,28,29). The van der Waals surface area contributed by atoms with Crippen LogP contribution in [-0.2, 0) is 14.8 Å². The van der Waals surface area contributed by atoms with Gasteiger partial charge < -0.3 is 18.9 Å². The monoisotopic (exact) mass is 546 g/mol. The molecule has 10 nitrogen and oxygen atoms in total. The zero-order valence-electron chi connectivity index (χ0n) is 21.1. The highest BCUT2D eigenvalue weighted by Gasteiger charge is 2.26. The fraction of sp³-hybridized carbons (Fsp3) is 0.400. The van der Waals surface area contributed by atoms with Crippen molar-refractivity contribution in [2.75, 3.05) is 31.3 Å². The van der Waals surface area contributed by atoms with Gasteiger partial charge in [-0.15, -0.1) is 0 Å². The van der Waals surface area contributed by atoms with Gasteiger partial charge in [-0.1, -0.05) is 43.8 Å². The zero-order chi connectivity index (χ0) is 26.4. The molecule has 1 aliphatic rings. The van der Waals surface area contributed by atoms with Crippen LogP contribution in [0.1, 0.15) is 38.2 Å². The highest BCUT2D eigenvalue weighted by atomic mass is 32.2. The zero-order valence-corrected chi connectivity index (χ0v) is 22.8. The average Bonchev–Trinajstić information content (AvgIpc) is 3.42. The normalized spacial score (nSPS) is 15.5. The van der Waals surface area contributed by atoms with Crippen LogP contribution in [0.3, 0.4) is 0 Å². The summed E-state index contributed by atoms with van der Waals surface area (Å²) >= 11 is 1.24. The largest absolute Gasteiger partial charge is 0.493 e. The Kier molecular flexibility index (Phi) is 8.72. The number of benzene rings is 1. The van der Waals surface area contributed by atoms with Gasteiger partial charge in [0.15, 0.2) is 27.5 Å². The Morgan fingerprint density at radius 1 is 1.16 bits per heavy atom. The number of aromatic nitrogens is 3. The molecule has 0 bridgehead atoms. The summed E-state index contributed by atoms with van der Waals surface area (Å²) in [5.74, 6) is 1.01. The van der Waals surface area contributed by atoms with Crippen molar-refractivity contribution in [1.29, 1.82) is 0 Å². The van der Waals surface area contributed by atoms with Gasteiger partial charge in [0.1, 0.15) is 6.61 Å². The van der Waals surface area contributed by atoms with Crippen LogP contribution in [0.4, 0.5) is 5.82 Å². The molecule has 0 saturated carbocycles. The number of thioether (sulfide) groups is 1. The molecule has 198 valence electrons. The van der Waals surface area contributed by atoms with Gasteiger partial charge in [-0.3, -0.25) is 4.72 Å². The molecular formula is C25H30N4O6S2. The molecule has 0 spiro atoms. The van der Waals surface area contributed by atoms with Crippen molar-refractivity contribution < 1.29 is 27.4 Å². The lowest BCUT2D eigenvalue weighted by Gasteiger charge is -2.18. The highest BCUT2D eigenvalue weighted by Crippen LogP contribution is 2.41. The maximum atomic E-state index is 13.3. The van der Waals surface area contributed by atoms with Crippen LogP contribution < -0.4 is 18.9 Å². The molecule has 1 atom stereocenters. The summed E-state index contributed by atoms with van der Waals surface area (Å²) in [6.07, 6.45) is 5.06. The van der Waals surface area contributed by atoms with Crippen LogP contribution in [-0.4, -0.2) is 56.1 Å². The minimum atomic E-state index is -4.11. The van der Waals surface area contributed by atoms with Gasteiger partial charge in [-0.2, -0.15) is 13.4 Å². The third kappa shape index (κ3) is 6.62. The quantitative estimate of drug-likeness (QED) is 0.263. The Hall–Kier alpha value is -3.09. The minimum absolute atomic E-state index is 0.00247. The third-order valence-corrected chi connectivity index (χ3v) is 7.44. The van der Waals surface area contributed by atoms with E-state index in [2.05, 4.69) is 19.7 Å². The average molecular weight is 547 g/mol. The molecule has 0 amide bonds. The number of sulfonamides is 1. The molecule has 3 heterocycles. The highest BCUT2D eigenvalue weighted by molar-refractivity contribution is 7.98. The molecule has 4 rings (SSSR count). The van der Waals surface area contributed by atoms with Gasteiger partial charge in [0.25, 0.3) is 15.9 Å². The number of methoxy groups -OCH3 is 1. The molecule has 1 saturated heterocycles. The van der Waals surface area contributed by atoms with Crippen LogP contribution >= 0.6 is 11.8 Å². The fourth-order valence-electron chi connectivity index (χ4n) is 3.59. The van der Waals surface area contributed by atoms with Crippen molar-refractivity contribution in [1.82, 2.24) is 15.0 Å². The first kappa shape index (κ1) is 27.0. The summed E-state index contributed by atoms with van der Waals surface area (Å²) in [5, 5.41) is 0.154. The van der Waals surface area contributed by atoms with E-state index < -0.39 is 10.0 Å². The number of para-hydroxylation sites is 2. The van der Waals surface area contributed by atoms with Gasteiger partial charge in [-0.25, -0.2) is 9.97 Å². The molecule has 1 unspecified atom stereocenters. The Bertz CT molecular complexity index is 1310. The van der Waals surface area contributed by atoms with Crippen molar-refractivity contribution >= 4 is 27.6 Å². The number of ether oxygens (including phenoxy) is 4. The van der Waals surface area contributed by atoms with E-state index in [1.807, 2.05) is 13.8 Å². The van der Waals surface area contributed by atoms with E-state index in [0.29, 0.717) is 23.3 Å². The molecular weight excluding hydrogens is 516 g/mol. The predicted molar refractivity (Wildman–Crippen MR) is 140 cm³/mol. The van der Waals surface area contributed by atoms with Gasteiger partial charge in [-0.05, 0) is 48.8 Å². The third-order valence-electron chi connectivity index (χ3n) is 5.64. The first-order valence-electron chi connectivity index (χ1n) is 11.8. The molecule has 0 radical (unpaired) electrons. The Morgan fingerprint density at radius 2 is 1.95 bits per heavy atom. The number of pyridine rings is 1. The summed E-state index contributed by atoms with van der Waals surface area (Å²) in [7, 11) is -2.60. The molecule has 3 aromatic rings. The molecule has 2 aromatic heterocycles. The second-order valence-corrected chi connectivity index (χ2v) is 11.0. The SMILES string of the molecule is COc1ccccc1Oc1c(NS(=O)(=O)c2ccc(C(C)C)cn2)nc(SC)nc1OCC1CCCO1. The summed E-state index contributed by atoms with van der Waals surface area (Å²) < 4.78 is 52.3. The van der Waals surface area contributed by atoms with Crippen LogP contribution in [0.15, 0.2) is 52.8 Å². The number of rotatable bonds is 11. The first-order chi connectivity index (χ1) is 17.8. The predicted octanol–water partition coefficient (Wildman–Crippen LogP) is 4.88. The summed E-state index contributed by atoms with van der Waals surface area (Å²) in [5.41, 5.74) is 0.927. The number of nitrogens with one attached hydrogen (secondary N) is 1. The molecule has 12 heteroatoms. The Labute approximate surface area is 221 Å². The van der Waals surface area contributed by atoms with Crippen molar-refractivity contribution in [2.45, 2.75) is 48.9 Å². The van der Waals surface area contributed by atoms with E-state index in [-0.39, 0.29) is 41.1 Å². The molecule has 0 aliphatic carbocycles. The van der Waals surface area contributed by atoms with Crippen LogP contribution in [0.5, 0.6) is 23.1 Å². The van der Waals surface area contributed by atoms with E-state index in [0.717, 1.165) is 18.4 Å². The van der Waals surface area contributed by atoms with Crippen molar-refractivity contribution in [3.63, 3.8) is 0 Å². The van der Waals surface area contributed by atoms with Crippen molar-refractivity contribution in [3.05, 3.63) is 48.2 Å². The Morgan fingerprint density at radius 3 is 2.57 bits per heavy atom. The second-order valence-electron chi connectivity index (χ2n) is 8.58. The van der Waals surface area contributed by atoms with Crippen LogP contribution in [0, 0.1) is 0 Å². The maximum Gasteiger partial charge on any atom is 0.280 e. The summed E-state index contributed by atoms with van der Waals surface area (Å²) in [6.45, 7) is 4.92. The van der Waals surface area contributed by atoms with Crippen LogP contribution in [0.25, 0.3) is 0 Å². The van der Waals surface area contributed by atoms with E-state index >= 15 is 0 Å². The van der Waals surface area contributed by atoms with E-state index in [4.69, 9.17) is 18.9 Å². The molecule has 1 aromatic carbocycles. The molecule has 1 N–H and O–H groups in total. The summed E-state index contributed by atoms with van der Waals surface area (Å²) in [4.78, 5) is 13.0. The van der Waals surface area contributed by atoms with Gasteiger partial charge in [0.05, 0.1) is 13.2 Å². The van der Waals surface area contributed by atoms with Crippen molar-refractivity contribution in [2.24, 2.45) is 0 Å². The number of anilines is 1. The minimum Gasteiger partial charge on any atom is -0.493 e. The van der Waals surface area contributed by atoms with Gasteiger partial charge in [0.2, 0.25) is 5.75 Å².